The maximum atomic E-state index is 12.8. The summed E-state index contributed by atoms with van der Waals surface area (Å²) in [4.78, 5) is 25.2. The quantitative estimate of drug-likeness (QED) is 0.581. The molecule has 1 heterocycles. The molecule has 1 aromatic heterocycles. The Bertz CT molecular complexity index is 687. The van der Waals surface area contributed by atoms with Gasteiger partial charge < -0.3 is 9.15 Å². The van der Waals surface area contributed by atoms with Crippen molar-refractivity contribution >= 4 is 11.8 Å². The topological polar surface area (TPSA) is 56.5 Å². The molecule has 1 fully saturated rings. The highest BCUT2D eigenvalue weighted by molar-refractivity contribution is 5.96. The summed E-state index contributed by atoms with van der Waals surface area (Å²) in [6.07, 6.45) is 9.47. The first-order chi connectivity index (χ1) is 11.8. The van der Waals surface area contributed by atoms with E-state index in [1.807, 2.05) is 0 Å². The highest BCUT2D eigenvalue weighted by Crippen LogP contribution is 2.61. The minimum atomic E-state index is -0.219. The van der Waals surface area contributed by atoms with Crippen molar-refractivity contribution in [2.75, 3.05) is 7.11 Å². The van der Waals surface area contributed by atoms with E-state index in [1.54, 1.807) is 12.3 Å². The summed E-state index contributed by atoms with van der Waals surface area (Å²) < 4.78 is 10.1. The van der Waals surface area contributed by atoms with Crippen molar-refractivity contribution in [2.45, 2.75) is 52.9 Å². The Morgan fingerprint density at radius 3 is 2.72 bits per heavy atom. The standard InChI is InChI=1S/C21H28O4/c1-14-8-10-20(2)16(19(23)24-4)6-5-7-18(20)21(14,3)12-17(22)15-9-11-25-13-15/h6,9,11,13-14,18H,5,7-8,10,12H2,1-4H3. The molecule has 0 amide bonds. The van der Waals surface area contributed by atoms with E-state index in [-0.39, 0.29) is 22.6 Å². The SMILES string of the molecule is COC(=O)C1=CCCC2C1(C)CCC(C)C2(C)CC(=O)c1ccoc1. The number of ether oxygens (including phenoxy) is 1. The van der Waals surface area contributed by atoms with E-state index in [4.69, 9.17) is 9.15 Å². The predicted octanol–water partition coefficient (Wildman–Crippen LogP) is 4.80. The van der Waals surface area contributed by atoms with Gasteiger partial charge in [-0.05, 0) is 49.0 Å². The average Bonchev–Trinajstić information content (AvgIpc) is 3.12. The zero-order valence-corrected chi connectivity index (χ0v) is 15.6. The van der Waals surface area contributed by atoms with E-state index in [0.717, 1.165) is 31.3 Å². The summed E-state index contributed by atoms with van der Waals surface area (Å²) in [6.45, 7) is 6.67. The van der Waals surface area contributed by atoms with E-state index < -0.39 is 0 Å². The van der Waals surface area contributed by atoms with Crippen LogP contribution in [0.5, 0.6) is 0 Å². The van der Waals surface area contributed by atoms with Crippen molar-refractivity contribution in [3.8, 4) is 0 Å². The molecule has 4 nitrogen and oxygen atoms in total. The van der Waals surface area contributed by atoms with Gasteiger partial charge in [-0.25, -0.2) is 4.79 Å². The molecule has 0 saturated heterocycles. The Morgan fingerprint density at radius 2 is 2.08 bits per heavy atom. The lowest BCUT2D eigenvalue weighted by atomic mass is 9.46. The fourth-order valence-corrected chi connectivity index (χ4v) is 5.28. The third-order valence-corrected chi connectivity index (χ3v) is 7.00. The summed E-state index contributed by atoms with van der Waals surface area (Å²) in [5, 5.41) is 0. The lowest BCUT2D eigenvalue weighted by Crippen LogP contribution is -2.51. The van der Waals surface area contributed by atoms with Crippen LogP contribution in [-0.4, -0.2) is 18.9 Å². The molecule has 0 radical (unpaired) electrons. The number of Topliss-reactive ketones (excluding diaryl/α,β-unsaturated/α-hetero) is 1. The van der Waals surface area contributed by atoms with Gasteiger partial charge in [0.25, 0.3) is 0 Å². The van der Waals surface area contributed by atoms with Crippen LogP contribution in [-0.2, 0) is 9.53 Å². The largest absolute Gasteiger partial charge is 0.472 e. The summed E-state index contributed by atoms with van der Waals surface area (Å²) in [7, 11) is 1.45. The van der Waals surface area contributed by atoms with Crippen molar-refractivity contribution in [2.24, 2.45) is 22.7 Å². The maximum absolute atomic E-state index is 12.8. The number of hydrogen-bond donors (Lipinski definition) is 0. The fraction of sp³-hybridized carbons (Fsp3) is 0.619. The van der Waals surface area contributed by atoms with Crippen LogP contribution in [0, 0.1) is 22.7 Å². The van der Waals surface area contributed by atoms with Gasteiger partial charge in [-0.15, -0.1) is 0 Å². The molecule has 1 aromatic rings. The minimum Gasteiger partial charge on any atom is -0.472 e. The molecule has 4 heteroatoms. The van der Waals surface area contributed by atoms with Crippen LogP contribution < -0.4 is 0 Å². The molecule has 136 valence electrons. The van der Waals surface area contributed by atoms with E-state index in [9.17, 15) is 9.59 Å². The number of furan rings is 1. The second-order valence-corrected chi connectivity index (χ2v) is 8.21. The van der Waals surface area contributed by atoms with Gasteiger partial charge in [0.2, 0.25) is 0 Å². The second-order valence-electron chi connectivity index (χ2n) is 8.21. The molecule has 0 aromatic carbocycles. The molecule has 3 rings (SSSR count). The summed E-state index contributed by atoms with van der Waals surface area (Å²) in [6, 6.07) is 1.74. The molecule has 4 atom stereocenters. The van der Waals surface area contributed by atoms with Crippen molar-refractivity contribution in [1.82, 2.24) is 0 Å². The van der Waals surface area contributed by atoms with E-state index >= 15 is 0 Å². The van der Waals surface area contributed by atoms with Gasteiger partial charge in [-0.1, -0.05) is 26.8 Å². The average molecular weight is 344 g/mol. The molecule has 2 aliphatic carbocycles. The zero-order chi connectivity index (χ0) is 18.2. The van der Waals surface area contributed by atoms with E-state index in [1.165, 1.54) is 13.4 Å². The summed E-state index contributed by atoms with van der Waals surface area (Å²) in [5.74, 6) is 0.629. The number of fused-ring (bicyclic) bond motifs is 1. The van der Waals surface area contributed by atoms with Crippen LogP contribution in [0.25, 0.3) is 0 Å². The van der Waals surface area contributed by atoms with Gasteiger partial charge in [0.1, 0.15) is 6.26 Å². The number of carbonyl (C=O) groups is 2. The molecular weight excluding hydrogens is 316 g/mol. The Balaban J connectivity index is 1.95. The smallest absolute Gasteiger partial charge is 0.333 e. The molecule has 0 N–H and O–H groups in total. The van der Waals surface area contributed by atoms with Crippen molar-refractivity contribution in [3.63, 3.8) is 0 Å². The molecule has 4 unspecified atom stereocenters. The van der Waals surface area contributed by atoms with Crippen molar-refractivity contribution < 1.29 is 18.7 Å². The van der Waals surface area contributed by atoms with Crippen molar-refractivity contribution in [1.29, 1.82) is 0 Å². The molecule has 1 saturated carbocycles. The first-order valence-electron chi connectivity index (χ1n) is 9.17. The molecule has 2 aliphatic rings. The lowest BCUT2D eigenvalue weighted by molar-refractivity contribution is -0.140. The lowest BCUT2D eigenvalue weighted by Gasteiger charge is -2.57. The Morgan fingerprint density at radius 1 is 1.32 bits per heavy atom. The normalized spacial score (nSPS) is 34.8. The third kappa shape index (κ3) is 2.86. The van der Waals surface area contributed by atoms with Crippen LogP contribution in [0.3, 0.4) is 0 Å². The first kappa shape index (κ1) is 18.0. The first-order valence-corrected chi connectivity index (χ1v) is 9.17. The maximum Gasteiger partial charge on any atom is 0.333 e. The number of allylic oxidation sites excluding steroid dienone is 1. The van der Waals surface area contributed by atoms with Gasteiger partial charge in [-0.3, -0.25) is 4.79 Å². The third-order valence-electron chi connectivity index (χ3n) is 7.00. The molecule has 25 heavy (non-hydrogen) atoms. The highest BCUT2D eigenvalue weighted by Gasteiger charge is 2.56. The number of esters is 1. The van der Waals surface area contributed by atoms with Crippen LogP contribution >= 0.6 is 0 Å². The molecular formula is C21H28O4. The van der Waals surface area contributed by atoms with Crippen LogP contribution in [0.2, 0.25) is 0 Å². The summed E-state index contributed by atoms with van der Waals surface area (Å²) >= 11 is 0. The van der Waals surface area contributed by atoms with Crippen LogP contribution in [0.15, 0.2) is 34.7 Å². The number of carbonyl (C=O) groups excluding carboxylic acids is 2. The van der Waals surface area contributed by atoms with Gasteiger partial charge in [0, 0.05) is 17.4 Å². The zero-order valence-electron chi connectivity index (χ0n) is 15.6. The molecule has 0 bridgehead atoms. The van der Waals surface area contributed by atoms with E-state index in [0.29, 0.717) is 23.8 Å². The predicted molar refractivity (Wildman–Crippen MR) is 95.1 cm³/mol. The van der Waals surface area contributed by atoms with Gasteiger partial charge >= 0.3 is 5.97 Å². The molecule has 0 aliphatic heterocycles. The van der Waals surface area contributed by atoms with E-state index in [2.05, 4.69) is 26.8 Å². The number of methoxy groups -OCH3 is 1. The second kappa shape index (κ2) is 6.47. The highest BCUT2D eigenvalue weighted by atomic mass is 16.5. The van der Waals surface area contributed by atoms with Crippen LogP contribution in [0.1, 0.15) is 63.2 Å². The van der Waals surface area contributed by atoms with Gasteiger partial charge in [0.05, 0.1) is 18.9 Å². The van der Waals surface area contributed by atoms with Crippen LogP contribution in [0.4, 0.5) is 0 Å². The summed E-state index contributed by atoms with van der Waals surface area (Å²) in [5.41, 5.74) is 1.08. The van der Waals surface area contributed by atoms with Gasteiger partial charge in [-0.2, -0.15) is 0 Å². The Kier molecular flexibility index (Phi) is 4.65. The number of rotatable bonds is 4. The number of hydrogen-bond acceptors (Lipinski definition) is 4. The monoisotopic (exact) mass is 344 g/mol. The Labute approximate surface area is 149 Å². The minimum absolute atomic E-state index is 0.126. The van der Waals surface area contributed by atoms with Gasteiger partial charge in [0.15, 0.2) is 5.78 Å². The molecule has 0 spiro atoms. The Hall–Kier alpha value is -1.84. The fourth-order valence-electron chi connectivity index (χ4n) is 5.28. The number of ketones is 1. The van der Waals surface area contributed by atoms with Crippen molar-refractivity contribution in [3.05, 3.63) is 35.8 Å².